The molecule has 2 aliphatic heterocycles. The monoisotopic (exact) mass is 362 g/mol. The summed E-state index contributed by atoms with van der Waals surface area (Å²) in [6, 6.07) is 13.8. The minimum atomic E-state index is -1.79. The molecule has 1 aromatic rings. The highest BCUT2D eigenvalue weighted by molar-refractivity contribution is 5.89. The van der Waals surface area contributed by atoms with Crippen LogP contribution in [0.3, 0.4) is 0 Å². The molecule has 4 atom stereocenters. The van der Waals surface area contributed by atoms with Gasteiger partial charge in [-0.1, -0.05) is 56.5 Å². The van der Waals surface area contributed by atoms with Gasteiger partial charge in [-0.3, -0.25) is 5.41 Å². The fraction of sp³-hybridized carbons (Fsp3) is 0.524. The van der Waals surface area contributed by atoms with Crippen molar-refractivity contribution >= 4 is 5.90 Å². The van der Waals surface area contributed by atoms with Crippen molar-refractivity contribution in [2.45, 2.75) is 51.9 Å². The van der Waals surface area contributed by atoms with Crippen molar-refractivity contribution in [2.24, 2.45) is 16.7 Å². The van der Waals surface area contributed by atoms with Gasteiger partial charge in [0.15, 0.2) is 10.8 Å². The maximum absolute atomic E-state index is 10.1. The van der Waals surface area contributed by atoms with Gasteiger partial charge < -0.3 is 9.47 Å². The number of unbranched alkanes of at least 4 members (excludes halogenated alkanes) is 1. The first-order valence-electron chi connectivity index (χ1n) is 9.15. The van der Waals surface area contributed by atoms with Gasteiger partial charge in [0.25, 0.3) is 0 Å². The number of nitriles is 3. The third kappa shape index (κ3) is 2.16. The quantitative estimate of drug-likeness (QED) is 0.872. The summed E-state index contributed by atoms with van der Waals surface area (Å²) in [4.78, 5) is 0. The minimum Gasteiger partial charge on any atom is -0.443 e. The van der Waals surface area contributed by atoms with Gasteiger partial charge in [0, 0.05) is 5.56 Å². The molecule has 6 nitrogen and oxygen atoms in total. The molecular formula is C21H22N4O2. The van der Waals surface area contributed by atoms with E-state index in [0.717, 1.165) is 18.4 Å². The maximum atomic E-state index is 10.1. The second kappa shape index (κ2) is 6.38. The fourth-order valence-electron chi connectivity index (χ4n) is 4.41. The maximum Gasteiger partial charge on any atom is 0.243 e. The average molecular weight is 362 g/mol. The first kappa shape index (κ1) is 18.9. The smallest absolute Gasteiger partial charge is 0.243 e. The van der Waals surface area contributed by atoms with E-state index in [9.17, 15) is 15.8 Å². The van der Waals surface area contributed by atoms with Crippen molar-refractivity contribution in [3.8, 4) is 18.2 Å². The van der Waals surface area contributed by atoms with Crippen LogP contribution in [0.1, 0.15) is 44.2 Å². The molecule has 3 rings (SSSR count). The molecule has 0 aliphatic carbocycles. The summed E-state index contributed by atoms with van der Waals surface area (Å²) in [5, 5.41) is 38.6. The minimum absolute atomic E-state index is 0.361. The molecular weight excluding hydrogens is 340 g/mol. The van der Waals surface area contributed by atoms with Crippen LogP contribution in [0.5, 0.6) is 0 Å². The standard InChI is InChI=1S/C21H22N4O2/c1-4-5-6-17-19(11-22,12-23)20(13-24)15(3)21(26-17,27-18(20)25)16-9-7-14(2)8-10-16/h7-10,15,17,25H,4-6H2,1-3H3. The number of hydrogen-bond acceptors (Lipinski definition) is 6. The van der Waals surface area contributed by atoms with E-state index < -0.39 is 28.6 Å². The number of nitrogens with zero attached hydrogens (tertiary/aromatic N) is 3. The number of rotatable bonds is 4. The van der Waals surface area contributed by atoms with Gasteiger partial charge in [-0.15, -0.1) is 0 Å². The first-order chi connectivity index (χ1) is 12.9. The Kier molecular flexibility index (Phi) is 4.46. The predicted octanol–water partition coefficient (Wildman–Crippen LogP) is 3.92. The van der Waals surface area contributed by atoms with E-state index >= 15 is 0 Å². The number of benzene rings is 1. The molecule has 4 unspecified atom stereocenters. The van der Waals surface area contributed by atoms with Crippen molar-refractivity contribution in [3.63, 3.8) is 0 Å². The zero-order valence-electron chi connectivity index (χ0n) is 15.7. The fourth-order valence-corrected chi connectivity index (χ4v) is 4.41. The van der Waals surface area contributed by atoms with Gasteiger partial charge in [0.05, 0.1) is 30.2 Å². The van der Waals surface area contributed by atoms with Gasteiger partial charge in [-0.2, -0.15) is 15.8 Å². The van der Waals surface area contributed by atoms with Crippen LogP contribution in [0.15, 0.2) is 24.3 Å². The number of nitrogens with one attached hydrogen (secondary N) is 1. The topological polar surface area (TPSA) is 114 Å². The largest absolute Gasteiger partial charge is 0.443 e. The van der Waals surface area contributed by atoms with Crippen LogP contribution in [0.25, 0.3) is 0 Å². The second-order valence-corrected chi connectivity index (χ2v) is 7.39. The van der Waals surface area contributed by atoms with Gasteiger partial charge in [0.1, 0.15) is 0 Å². The number of fused-ring (bicyclic) bond motifs is 2. The molecule has 1 aromatic carbocycles. The average Bonchev–Trinajstić information content (AvgIpc) is 2.84. The molecule has 1 N–H and O–H groups in total. The van der Waals surface area contributed by atoms with Gasteiger partial charge in [-0.05, 0) is 13.3 Å². The Morgan fingerprint density at radius 1 is 1.11 bits per heavy atom. The zero-order chi connectivity index (χ0) is 19.9. The Morgan fingerprint density at radius 2 is 1.74 bits per heavy atom. The molecule has 6 heteroatoms. The van der Waals surface area contributed by atoms with Crippen LogP contribution < -0.4 is 0 Å². The second-order valence-electron chi connectivity index (χ2n) is 7.39. The zero-order valence-corrected chi connectivity index (χ0v) is 15.7. The van der Waals surface area contributed by atoms with Crippen LogP contribution >= 0.6 is 0 Å². The summed E-state index contributed by atoms with van der Waals surface area (Å²) < 4.78 is 12.3. The lowest BCUT2D eigenvalue weighted by Gasteiger charge is -2.48. The molecule has 2 saturated heterocycles. The highest BCUT2D eigenvalue weighted by Gasteiger charge is 2.79. The van der Waals surface area contributed by atoms with Gasteiger partial charge in [-0.25, -0.2) is 0 Å². The predicted molar refractivity (Wildman–Crippen MR) is 96.9 cm³/mol. The van der Waals surface area contributed by atoms with E-state index in [1.807, 2.05) is 38.1 Å². The van der Waals surface area contributed by atoms with E-state index in [1.165, 1.54) is 0 Å². The molecule has 138 valence electrons. The molecule has 27 heavy (non-hydrogen) atoms. The molecule has 0 aromatic heterocycles. The Labute approximate surface area is 159 Å². The Bertz CT molecular complexity index is 875. The van der Waals surface area contributed by atoms with E-state index in [4.69, 9.17) is 14.9 Å². The van der Waals surface area contributed by atoms with Crippen LogP contribution in [0, 0.1) is 63.1 Å². The molecule has 0 spiro atoms. The summed E-state index contributed by atoms with van der Waals surface area (Å²) in [7, 11) is 0. The van der Waals surface area contributed by atoms with Crippen molar-refractivity contribution in [1.82, 2.24) is 0 Å². The van der Waals surface area contributed by atoms with Crippen molar-refractivity contribution < 1.29 is 9.47 Å². The molecule has 2 fully saturated rings. The number of ether oxygens (including phenoxy) is 2. The summed E-state index contributed by atoms with van der Waals surface area (Å²) in [6.45, 7) is 5.70. The van der Waals surface area contributed by atoms with E-state index in [0.29, 0.717) is 12.0 Å². The molecule has 0 radical (unpaired) electrons. The van der Waals surface area contributed by atoms with E-state index in [2.05, 4.69) is 18.2 Å². The third-order valence-corrected chi connectivity index (χ3v) is 6.06. The summed E-state index contributed by atoms with van der Waals surface area (Å²) >= 11 is 0. The lowest BCUT2D eigenvalue weighted by Crippen LogP contribution is -2.60. The van der Waals surface area contributed by atoms with Crippen molar-refractivity contribution in [2.75, 3.05) is 0 Å². The van der Waals surface area contributed by atoms with E-state index in [1.54, 1.807) is 6.92 Å². The Balaban J connectivity index is 2.26. The van der Waals surface area contributed by atoms with Gasteiger partial charge >= 0.3 is 0 Å². The highest BCUT2D eigenvalue weighted by atomic mass is 16.7. The third-order valence-electron chi connectivity index (χ3n) is 6.06. The molecule has 0 amide bonds. The Hall–Kier alpha value is -2.88. The van der Waals surface area contributed by atoms with E-state index in [-0.39, 0.29) is 5.90 Å². The van der Waals surface area contributed by atoms with Crippen LogP contribution in [-0.4, -0.2) is 12.0 Å². The molecule has 2 aliphatic rings. The van der Waals surface area contributed by atoms with Crippen LogP contribution in [0.4, 0.5) is 0 Å². The summed E-state index contributed by atoms with van der Waals surface area (Å²) in [5.74, 6) is -2.40. The van der Waals surface area contributed by atoms with Gasteiger partial charge in [0.2, 0.25) is 11.7 Å². The first-order valence-corrected chi connectivity index (χ1v) is 9.15. The summed E-state index contributed by atoms with van der Waals surface area (Å²) in [5.41, 5.74) is -1.73. The van der Waals surface area contributed by atoms with Crippen LogP contribution in [-0.2, 0) is 15.3 Å². The van der Waals surface area contributed by atoms with Crippen molar-refractivity contribution in [3.05, 3.63) is 35.4 Å². The number of hydrogen-bond donors (Lipinski definition) is 1. The lowest BCUT2D eigenvalue weighted by atomic mass is 9.53. The van der Waals surface area contributed by atoms with Crippen LogP contribution in [0.2, 0.25) is 0 Å². The summed E-state index contributed by atoms with van der Waals surface area (Å²) in [6.07, 6.45) is 1.21. The molecule has 2 heterocycles. The highest BCUT2D eigenvalue weighted by Crippen LogP contribution is 2.66. The Morgan fingerprint density at radius 3 is 2.26 bits per heavy atom. The number of aryl methyl sites for hydroxylation is 1. The molecule has 0 saturated carbocycles. The molecule has 2 bridgehead atoms. The van der Waals surface area contributed by atoms with Crippen molar-refractivity contribution in [1.29, 1.82) is 21.2 Å². The lowest BCUT2D eigenvalue weighted by molar-refractivity contribution is -0.286. The SMILES string of the molecule is CCCCC1OC2(c3ccc(C)cc3)OC(=N)C(C#N)(C2C)C1(C#N)C#N. The normalized spacial score (nSPS) is 33.4.